The number of nitrogens with zero attached hydrogens (tertiary/aromatic N) is 3. The Kier molecular flexibility index (Phi) is 6.13. The highest BCUT2D eigenvalue weighted by Crippen LogP contribution is 2.21. The summed E-state index contributed by atoms with van der Waals surface area (Å²) < 4.78 is 1.76. The van der Waals surface area contributed by atoms with Gasteiger partial charge in [-0.25, -0.2) is 15.4 Å². The van der Waals surface area contributed by atoms with Crippen molar-refractivity contribution >= 4 is 29.0 Å². The van der Waals surface area contributed by atoms with Crippen LogP contribution < -0.4 is 0 Å². The zero-order chi connectivity index (χ0) is 16.0. The molecule has 2 rings (SSSR count). The van der Waals surface area contributed by atoms with Crippen LogP contribution >= 0.6 is 23.2 Å². The summed E-state index contributed by atoms with van der Waals surface area (Å²) in [6, 6.07) is 4.86. The number of hydrogen-bond donors (Lipinski definition) is 2. The molecule has 21 heavy (non-hydrogen) atoms. The lowest BCUT2D eigenvalue weighted by molar-refractivity contribution is -0.969. The molecule has 112 valence electrons. The van der Waals surface area contributed by atoms with E-state index in [-0.39, 0.29) is 12.3 Å². The summed E-state index contributed by atoms with van der Waals surface area (Å²) >= 11 is 11.8. The van der Waals surface area contributed by atoms with Crippen molar-refractivity contribution in [1.82, 2.24) is 9.55 Å². The lowest BCUT2D eigenvalue weighted by Gasteiger charge is -2.06. The minimum Gasteiger partial charge on any atom is -0.327 e. The highest BCUT2D eigenvalue weighted by molar-refractivity contribution is 6.35. The predicted molar refractivity (Wildman–Crippen MR) is 75.0 cm³/mol. The van der Waals surface area contributed by atoms with Crippen molar-refractivity contribution in [3.63, 3.8) is 0 Å². The molecule has 1 aromatic carbocycles. The number of halogens is 2. The molecule has 7 nitrogen and oxygen atoms in total. The topological polar surface area (TPSA) is 95.4 Å². The van der Waals surface area contributed by atoms with Crippen molar-refractivity contribution in [1.29, 1.82) is 0 Å². The monoisotopic (exact) mass is 332 g/mol. The first-order valence-corrected chi connectivity index (χ1v) is 6.38. The van der Waals surface area contributed by atoms with Crippen LogP contribution in [0.3, 0.4) is 0 Å². The van der Waals surface area contributed by atoms with E-state index < -0.39 is 5.09 Å². The van der Waals surface area contributed by atoms with Crippen molar-refractivity contribution in [2.75, 3.05) is 0 Å². The summed E-state index contributed by atoms with van der Waals surface area (Å²) in [5.74, 6) is 0.704. The molecule has 0 fully saturated rings. The normalized spacial score (nSPS) is 9.67. The van der Waals surface area contributed by atoms with Crippen molar-refractivity contribution in [3.05, 3.63) is 56.9 Å². The fourth-order valence-corrected chi connectivity index (χ4v) is 1.92. The van der Waals surface area contributed by atoms with Crippen LogP contribution in [-0.2, 0) is 6.54 Å². The van der Waals surface area contributed by atoms with Gasteiger partial charge in [0.05, 0.1) is 11.6 Å². The molecular formula is C12H12Cl2N3O4+. The molecule has 1 aromatic heterocycles. The van der Waals surface area contributed by atoms with Crippen LogP contribution in [0.4, 0.5) is 0 Å². The minimum atomic E-state index is -1.25. The number of imidazole rings is 1. The van der Waals surface area contributed by atoms with Crippen molar-refractivity contribution in [2.45, 2.75) is 13.5 Å². The lowest BCUT2D eigenvalue weighted by atomic mass is 10.1. The maximum Gasteiger partial charge on any atom is 0.472 e. The molecular weight excluding hydrogens is 321 g/mol. The number of ketones is 1. The van der Waals surface area contributed by atoms with E-state index in [1.54, 1.807) is 35.2 Å². The second-order valence-electron chi connectivity index (χ2n) is 3.90. The molecule has 2 N–H and O–H groups in total. The van der Waals surface area contributed by atoms with Gasteiger partial charge in [0.2, 0.25) is 0 Å². The molecule has 0 radical (unpaired) electrons. The van der Waals surface area contributed by atoms with Gasteiger partial charge >= 0.3 is 5.09 Å². The van der Waals surface area contributed by atoms with Gasteiger partial charge in [0.25, 0.3) is 0 Å². The zero-order valence-corrected chi connectivity index (χ0v) is 12.4. The van der Waals surface area contributed by atoms with Gasteiger partial charge in [-0.05, 0) is 25.1 Å². The molecule has 0 aliphatic rings. The first kappa shape index (κ1) is 16.9. The largest absolute Gasteiger partial charge is 0.472 e. The number of aryl methyl sites for hydroxylation is 1. The van der Waals surface area contributed by atoms with Crippen molar-refractivity contribution in [2.24, 2.45) is 0 Å². The van der Waals surface area contributed by atoms with Crippen molar-refractivity contribution < 1.29 is 20.3 Å². The summed E-state index contributed by atoms with van der Waals surface area (Å²) in [7, 11) is 0. The van der Waals surface area contributed by atoms with E-state index in [1.807, 2.05) is 6.92 Å². The molecule has 0 unspecified atom stereocenters. The maximum absolute atomic E-state index is 12.0. The second-order valence-corrected chi connectivity index (χ2v) is 4.75. The highest BCUT2D eigenvalue weighted by Gasteiger charge is 2.12. The van der Waals surface area contributed by atoms with Crippen LogP contribution in [-0.4, -0.2) is 30.8 Å². The van der Waals surface area contributed by atoms with Gasteiger partial charge in [0.15, 0.2) is 5.78 Å². The summed E-state index contributed by atoms with van der Waals surface area (Å²) in [6.07, 6.45) is 3.41. The third kappa shape index (κ3) is 5.41. The Bertz CT molecular complexity index is 654. The Labute approximate surface area is 129 Å². The van der Waals surface area contributed by atoms with Gasteiger partial charge in [-0.15, -0.1) is 0 Å². The Morgan fingerprint density at radius 2 is 2.00 bits per heavy atom. The predicted octanol–water partition coefficient (Wildman–Crippen LogP) is 2.92. The Morgan fingerprint density at radius 1 is 1.38 bits per heavy atom. The third-order valence-corrected chi connectivity index (χ3v) is 3.03. The first-order chi connectivity index (χ1) is 9.81. The number of benzene rings is 1. The van der Waals surface area contributed by atoms with Crippen LogP contribution in [0, 0.1) is 11.8 Å². The second kappa shape index (κ2) is 7.61. The molecule has 0 aliphatic heterocycles. The summed E-state index contributed by atoms with van der Waals surface area (Å²) in [6.45, 7) is 2.05. The van der Waals surface area contributed by atoms with Gasteiger partial charge < -0.3 is 4.57 Å². The molecule has 9 heteroatoms. The van der Waals surface area contributed by atoms with Crippen LogP contribution in [0.15, 0.2) is 30.6 Å². The van der Waals surface area contributed by atoms with Crippen molar-refractivity contribution in [3.8, 4) is 0 Å². The Balaban J connectivity index is 0.000000491. The maximum atomic E-state index is 12.0. The lowest BCUT2D eigenvalue weighted by Crippen LogP contribution is -2.11. The van der Waals surface area contributed by atoms with E-state index >= 15 is 0 Å². The number of rotatable bonds is 3. The van der Waals surface area contributed by atoms with E-state index in [0.29, 0.717) is 15.6 Å². The molecule has 0 aliphatic carbocycles. The Hall–Kier alpha value is -2.12. The summed E-state index contributed by atoms with van der Waals surface area (Å²) in [4.78, 5) is 24.6. The number of aromatic nitrogens is 2. The van der Waals surface area contributed by atoms with Gasteiger partial charge in [-0.2, -0.15) is 0 Å². The molecule has 0 amide bonds. The fourth-order valence-electron chi connectivity index (χ4n) is 1.52. The van der Waals surface area contributed by atoms with Gasteiger partial charge in [-0.3, -0.25) is 4.79 Å². The number of Topliss-reactive ketones (excluding diaryl/α,β-unsaturated/α-hetero) is 1. The Morgan fingerprint density at radius 3 is 2.52 bits per heavy atom. The van der Waals surface area contributed by atoms with Crippen LogP contribution in [0.25, 0.3) is 0 Å². The van der Waals surface area contributed by atoms with Gasteiger partial charge in [-0.1, -0.05) is 23.2 Å². The molecule has 0 atom stereocenters. The zero-order valence-electron chi connectivity index (χ0n) is 10.9. The SMILES string of the molecule is Cc1nccn1CC(=O)c1cc(Cl)ccc1Cl.O=[N+](O)O. The summed E-state index contributed by atoms with van der Waals surface area (Å²) in [5.41, 5.74) is 0.437. The molecule has 0 spiro atoms. The number of hydrogen-bond acceptors (Lipinski definition) is 3. The minimum absolute atomic E-state index is 0.0846. The van der Waals surface area contributed by atoms with Crippen LogP contribution in [0.2, 0.25) is 10.0 Å². The van der Waals surface area contributed by atoms with Crippen LogP contribution in [0.1, 0.15) is 16.2 Å². The highest BCUT2D eigenvalue weighted by atomic mass is 35.5. The summed E-state index contributed by atoms with van der Waals surface area (Å²) in [5, 5.41) is 13.4. The van der Waals surface area contributed by atoms with E-state index in [2.05, 4.69) is 4.98 Å². The molecule has 1 heterocycles. The third-order valence-electron chi connectivity index (χ3n) is 2.47. The average Bonchev–Trinajstić information content (AvgIpc) is 2.77. The van der Waals surface area contributed by atoms with E-state index in [0.717, 1.165) is 5.82 Å². The van der Waals surface area contributed by atoms with E-state index in [9.17, 15) is 4.79 Å². The van der Waals surface area contributed by atoms with E-state index in [4.69, 9.17) is 38.5 Å². The molecule has 2 aromatic rings. The smallest absolute Gasteiger partial charge is 0.327 e. The average molecular weight is 333 g/mol. The standard InChI is InChI=1S/C12H10Cl2N2O.H2NO3/c1-8-15-4-5-16(8)7-12(17)10-6-9(13)2-3-11(10)14;2-1(3)4/h2-6H,7H2,1H3;(H2,2,3,4)/q;+1. The van der Waals surface area contributed by atoms with Gasteiger partial charge in [0.1, 0.15) is 10.7 Å². The number of carbonyl (C=O) groups is 1. The van der Waals surface area contributed by atoms with E-state index in [1.165, 1.54) is 0 Å². The molecule has 0 saturated heterocycles. The van der Waals surface area contributed by atoms with Gasteiger partial charge in [0, 0.05) is 23.0 Å². The number of carbonyl (C=O) groups excluding carboxylic acids is 1. The van der Waals surface area contributed by atoms with Crippen LogP contribution in [0.5, 0.6) is 0 Å². The first-order valence-electron chi connectivity index (χ1n) is 5.62. The quantitative estimate of drug-likeness (QED) is 0.665. The molecule has 0 saturated carbocycles. The fraction of sp³-hybridized carbons (Fsp3) is 0.167. The molecule has 0 bridgehead atoms.